The summed E-state index contributed by atoms with van der Waals surface area (Å²) in [5, 5.41) is 0. The summed E-state index contributed by atoms with van der Waals surface area (Å²) in [4.78, 5) is 0. The van der Waals surface area contributed by atoms with Gasteiger partial charge in [0.2, 0.25) is 0 Å². The first-order chi connectivity index (χ1) is 3.89. The molecule has 1 rings (SSSR count). The second-order valence-corrected chi connectivity index (χ2v) is 3.56. The molecule has 2 nitrogen and oxygen atoms in total. The smallest absolute Gasteiger partial charge is 0.191 e. The number of hydrogen-bond acceptors (Lipinski definition) is 2. The van der Waals surface area contributed by atoms with Crippen LogP contribution in [-0.2, 0) is 9.09 Å². The normalized spacial score (nSPS) is 31.8. The lowest BCUT2D eigenvalue weighted by atomic mass is 10.3. The van der Waals surface area contributed by atoms with E-state index in [2.05, 4.69) is 0 Å². The fourth-order valence-electron chi connectivity index (χ4n) is 0.806. The van der Waals surface area contributed by atoms with Gasteiger partial charge in [0.05, 0.1) is 6.61 Å². The molecule has 1 unspecified atom stereocenters. The van der Waals surface area contributed by atoms with Crippen molar-refractivity contribution in [3.05, 3.63) is 0 Å². The van der Waals surface area contributed by atoms with E-state index in [-0.39, 0.29) is 0 Å². The minimum absolute atomic E-state index is 0.720. The third-order valence-electron chi connectivity index (χ3n) is 1.29. The van der Waals surface area contributed by atoms with Gasteiger partial charge in [-0.3, -0.25) is 4.57 Å². The van der Waals surface area contributed by atoms with Crippen molar-refractivity contribution in [2.45, 2.75) is 19.3 Å². The summed E-state index contributed by atoms with van der Waals surface area (Å²) in [5.41, 5.74) is 0. The number of hydrogen-bond donors (Lipinski definition) is 0. The highest BCUT2D eigenvalue weighted by atomic mass is 31.1. The van der Waals surface area contributed by atoms with E-state index in [0.29, 0.717) is 0 Å². The fraction of sp³-hybridized carbons (Fsp3) is 1.00. The minimum atomic E-state index is -1.58. The van der Waals surface area contributed by atoms with Gasteiger partial charge in [-0.2, -0.15) is 0 Å². The Morgan fingerprint density at radius 1 is 1.25 bits per heavy atom. The largest absolute Gasteiger partial charge is 0.330 e. The lowest BCUT2D eigenvalue weighted by molar-refractivity contribution is 0.330. The van der Waals surface area contributed by atoms with Crippen molar-refractivity contribution < 1.29 is 9.09 Å². The molecule has 1 aliphatic rings. The van der Waals surface area contributed by atoms with E-state index in [1.807, 2.05) is 0 Å². The summed E-state index contributed by atoms with van der Waals surface area (Å²) in [6.07, 6.45) is 4.19. The van der Waals surface area contributed by atoms with Gasteiger partial charge in [-0.1, -0.05) is 6.42 Å². The topological polar surface area (TPSA) is 26.3 Å². The molecular formula is C5H11O2P. The second-order valence-electron chi connectivity index (χ2n) is 2.03. The van der Waals surface area contributed by atoms with Gasteiger partial charge in [-0.25, -0.2) is 0 Å². The summed E-state index contributed by atoms with van der Waals surface area (Å²) < 4.78 is 15.6. The minimum Gasteiger partial charge on any atom is -0.330 e. The maximum atomic E-state index is 10.6. The SMILES string of the molecule is O=[PH]1CCCCCO1. The van der Waals surface area contributed by atoms with Crippen molar-refractivity contribution in [1.82, 2.24) is 0 Å². The molecule has 8 heavy (non-hydrogen) atoms. The highest BCUT2D eigenvalue weighted by molar-refractivity contribution is 7.39. The van der Waals surface area contributed by atoms with E-state index in [0.717, 1.165) is 25.6 Å². The quantitative estimate of drug-likeness (QED) is 0.471. The van der Waals surface area contributed by atoms with Crippen molar-refractivity contribution in [2.75, 3.05) is 12.8 Å². The number of rotatable bonds is 0. The zero-order valence-electron chi connectivity index (χ0n) is 4.85. The van der Waals surface area contributed by atoms with Crippen molar-refractivity contribution in [3.8, 4) is 0 Å². The van der Waals surface area contributed by atoms with Gasteiger partial charge in [0.25, 0.3) is 0 Å². The standard InChI is InChI=1S/C5H11O2P/c6-8-5-3-1-2-4-7-8/h8H,1-5H2. The first kappa shape index (κ1) is 6.31. The molecule has 48 valence electrons. The Morgan fingerprint density at radius 2 is 2.12 bits per heavy atom. The van der Waals surface area contributed by atoms with Gasteiger partial charge in [-0.05, 0) is 12.8 Å². The van der Waals surface area contributed by atoms with Gasteiger partial charge < -0.3 is 4.52 Å². The van der Waals surface area contributed by atoms with Crippen LogP contribution in [0.15, 0.2) is 0 Å². The Kier molecular flexibility index (Phi) is 2.57. The van der Waals surface area contributed by atoms with E-state index in [9.17, 15) is 4.57 Å². The van der Waals surface area contributed by atoms with E-state index < -0.39 is 8.03 Å². The van der Waals surface area contributed by atoms with Gasteiger partial charge in [0, 0.05) is 6.16 Å². The molecule has 0 aromatic carbocycles. The summed E-state index contributed by atoms with van der Waals surface area (Å²) in [6, 6.07) is 0. The van der Waals surface area contributed by atoms with Gasteiger partial charge >= 0.3 is 0 Å². The van der Waals surface area contributed by atoms with Crippen LogP contribution in [0, 0.1) is 0 Å². The molecule has 1 saturated heterocycles. The van der Waals surface area contributed by atoms with Crippen LogP contribution >= 0.6 is 8.03 Å². The zero-order valence-corrected chi connectivity index (χ0v) is 5.85. The summed E-state index contributed by atoms with van der Waals surface area (Å²) >= 11 is 0. The van der Waals surface area contributed by atoms with Gasteiger partial charge in [0.15, 0.2) is 8.03 Å². The first-order valence-electron chi connectivity index (χ1n) is 3.05. The first-order valence-corrected chi connectivity index (χ1v) is 4.57. The predicted octanol–water partition coefficient (Wildman–Crippen LogP) is 1.66. The van der Waals surface area contributed by atoms with Crippen LogP contribution in [0.25, 0.3) is 0 Å². The average molecular weight is 134 g/mol. The van der Waals surface area contributed by atoms with E-state index in [1.165, 1.54) is 6.42 Å². The molecule has 1 heterocycles. The molecule has 0 radical (unpaired) electrons. The third kappa shape index (κ3) is 1.97. The molecule has 0 aliphatic carbocycles. The maximum absolute atomic E-state index is 10.6. The molecule has 1 fully saturated rings. The van der Waals surface area contributed by atoms with Crippen molar-refractivity contribution in [3.63, 3.8) is 0 Å². The van der Waals surface area contributed by atoms with Crippen LogP contribution in [0.2, 0.25) is 0 Å². The Labute approximate surface area is 50.1 Å². The van der Waals surface area contributed by atoms with Gasteiger partial charge in [0.1, 0.15) is 0 Å². The molecule has 1 aliphatic heterocycles. The lowest BCUT2D eigenvalue weighted by Crippen LogP contribution is -1.79. The summed E-state index contributed by atoms with van der Waals surface area (Å²) in [6.45, 7) is 0.720. The van der Waals surface area contributed by atoms with Crippen LogP contribution in [0.5, 0.6) is 0 Å². The molecule has 1 atom stereocenters. The predicted molar refractivity (Wildman–Crippen MR) is 33.7 cm³/mol. The molecule has 3 heteroatoms. The van der Waals surface area contributed by atoms with E-state index in [4.69, 9.17) is 4.52 Å². The monoisotopic (exact) mass is 134 g/mol. The molecule has 0 N–H and O–H groups in total. The average Bonchev–Trinajstić information content (AvgIpc) is 1.94. The van der Waals surface area contributed by atoms with Crippen LogP contribution in [0.3, 0.4) is 0 Å². The molecule has 0 amide bonds. The molecule has 0 saturated carbocycles. The second kappa shape index (κ2) is 3.26. The Hall–Kier alpha value is 0.190. The van der Waals surface area contributed by atoms with Crippen LogP contribution in [0.4, 0.5) is 0 Å². The zero-order chi connectivity index (χ0) is 5.82. The van der Waals surface area contributed by atoms with Crippen LogP contribution in [-0.4, -0.2) is 12.8 Å². The lowest BCUT2D eigenvalue weighted by Gasteiger charge is -1.93. The van der Waals surface area contributed by atoms with Crippen molar-refractivity contribution in [1.29, 1.82) is 0 Å². The van der Waals surface area contributed by atoms with Crippen molar-refractivity contribution >= 4 is 8.03 Å². The maximum Gasteiger partial charge on any atom is 0.191 e. The molecule has 0 aromatic heterocycles. The Bertz CT molecular complexity index is 82.4. The Morgan fingerprint density at radius 3 is 3.00 bits per heavy atom. The van der Waals surface area contributed by atoms with E-state index in [1.54, 1.807) is 0 Å². The highest BCUT2D eigenvalue weighted by Gasteiger charge is 2.03. The van der Waals surface area contributed by atoms with E-state index >= 15 is 0 Å². The fourth-order valence-corrected chi connectivity index (χ4v) is 1.86. The Balaban J connectivity index is 2.27. The molecule has 0 spiro atoms. The highest BCUT2D eigenvalue weighted by Crippen LogP contribution is 2.27. The molecular weight excluding hydrogens is 123 g/mol. The summed E-state index contributed by atoms with van der Waals surface area (Å²) in [5.74, 6) is 0. The third-order valence-corrected chi connectivity index (χ3v) is 2.58. The molecule has 0 aromatic rings. The van der Waals surface area contributed by atoms with Crippen LogP contribution in [0.1, 0.15) is 19.3 Å². The van der Waals surface area contributed by atoms with Crippen LogP contribution < -0.4 is 0 Å². The summed E-state index contributed by atoms with van der Waals surface area (Å²) in [7, 11) is -1.58. The van der Waals surface area contributed by atoms with Gasteiger partial charge in [-0.15, -0.1) is 0 Å². The van der Waals surface area contributed by atoms with Crippen molar-refractivity contribution in [2.24, 2.45) is 0 Å². The molecule has 0 bridgehead atoms.